The molecular formula is C30H26FN7OS. The highest BCUT2D eigenvalue weighted by Crippen LogP contribution is 2.36. The van der Waals surface area contributed by atoms with E-state index in [1.54, 1.807) is 30.9 Å². The van der Waals surface area contributed by atoms with Crippen LogP contribution in [0.1, 0.15) is 38.5 Å². The van der Waals surface area contributed by atoms with Gasteiger partial charge in [-0.15, -0.1) is 11.3 Å². The number of pyridine rings is 3. The number of hydrogen-bond acceptors (Lipinski definition) is 6. The van der Waals surface area contributed by atoms with E-state index >= 15 is 0 Å². The number of carbonyl (C=O) groups excluding carboxylic acids is 1. The topological polar surface area (TPSA) is 112 Å². The summed E-state index contributed by atoms with van der Waals surface area (Å²) in [4.78, 5) is 30.4. The fourth-order valence-electron chi connectivity index (χ4n) is 5.61. The van der Waals surface area contributed by atoms with Crippen LogP contribution in [0.4, 0.5) is 10.1 Å². The molecule has 0 unspecified atom stereocenters. The summed E-state index contributed by atoms with van der Waals surface area (Å²) in [5, 5.41) is 12.2. The van der Waals surface area contributed by atoms with Crippen molar-refractivity contribution in [2.75, 3.05) is 5.32 Å². The second kappa shape index (κ2) is 10.3. The van der Waals surface area contributed by atoms with Gasteiger partial charge < -0.3 is 10.3 Å². The van der Waals surface area contributed by atoms with Gasteiger partial charge in [0.25, 0.3) is 0 Å². The molecule has 40 heavy (non-hydrogen) atoms. The van der Waals surface area contributed by atoms with E-state index in [1.165, 1.54) is 25.3 Å². The Morgan fingerprint density at radius 2 is 1.85 bits per heavy atom. The summed E-state index contributed by atoms with van der Waals surface area (Å²) in [7, 11) is 0. The summed E-state index contributed by atoms with van der Waals surface area (Å²) in [6.07, 6.45) is 13.4. The van der Waals surface area contributed by atoms with Gasteiger partial charge in [-0.05, 0) is 55.2 Å². The van der Waals surface area contributed by atoms with Crippen molar-refractivity contribution in [3.63, 3.8) is 0 Å². The molecule has 0 aromatic carbocycles. The molecular weight excluding hydrogens is 525 g/mol. The summed E-state index contributed by atoms with van der Waals surface area (Å²) >= 11 is 1.07. The number of rotatable bonds is 6. The van der Waals surface area contributed by atoms with E-state index < -0.39 is 0 Å². The number of anilines is 1. The van der Waals surface area contributed by atoms with Gasteiger partial charge in [0.2, 0.25) is 5.91 Å². The van der Waals surface area contributed by atoms with E-state index in [1.807, 2.05) is 24.3 Å². The normalized spacial score (nSPS) is 14.2. The Hall–Kier alpha value is -4.44. The van der Waals surface area contributed by atoms with Crippen molar-refractivity contribution >= 4 is 44.7 Å². The number of nitrogens with zero attached hydrogens (tertiary/aromatic N) is 4. The number of nitrogens with one attached hydrogen (secondary N) is 3. The molecule has 8 nitrogen and oxygen atoms in total. The zero-order chi connectivity index (χ0) is 27.1. The van der Waals surface area contributed by atoms with Crippen molar-refractivity contribution in [1.82, 2.24) is 30.1 Å². The monoisotopic (exact) mass is 551 g/mol. The average Bonchev–Trinajstić information content (AvgIpc) is 3.71. The molecule has 6 heterocycles. The van der Waals surface area contributed by atoms with E-state index in [2.05, 4.69) is 35.5 Å². The highest BCUT2D eigenvalue weighted by Gasteiger charge is 2.18. The number of halogens is 1. The minimum absolute atomic E-state index is 0.0318. The third-order valence-corrected chi connectivity index (χ3v) is 8.45. The summed E-state index contributed by atoms with van der Waals surface area (Å²) in [5.41, 5.74) is 6.14. The summed E-state index contributed by atoms with van der Waals surface area (Å²) in [5.74, 6) is 0.501. The SMILES string of the molecule is O=C(CC1CCCCC1)Nc1cncc(-c2cc3c(-c4cc5c(-c6ccc(F)s6)nccc5[nH]4)n[nH]c3cn2)c1. The second-order valence-electron chi connectivity index (χ2n) is 10.3. The molecule has 7 rings (SSSR count). The van der Waals surface area contributed by atoms with Crippen LogP contribution in [0.5, 0.6) is 0 Å². The molecule has 1 amide bonds. The maximum Gasteiger partial charge on any atom is 0.224 e. The number of amides is 1. The van der Waals surface area contributed by atoms with Gasteiger partial charge in [0, 0.05) is 40.7 Å². The molecule has 0 saturated heterocycles. The maximum absolute atomic E-state index is 13.7. The number of carbonyl (C=O) groups is 1. The summed E-state index contributed by atoms with van der Waals surface area (Å²) in [6.45, 7) is 0. The van der Waals surface area contributed by atoms with Crippen LogP contribution in [0.3, 0.4) is 0 Å². The minimum Gasteiger partial charge on any atom is -0.353 e. The van der Waals surface area contributed by atoms with E-state index in [9.17, 15) is 9.18 Å². The Morgan fingerprint density at radius 1 is 0.975 bits per heavy atom. The Morgan fingerprint density at radius 3 is 2.70 bits per heavy atom. The molecule has 1 saturated carbocycles. The summed E-state index contributed by atoms with van der Waals surface area (Å²) < 4.78 is 13.7. The number of H-pyrrole nitrogens is 2. The second-order valence-corrected chi connectivity index (χ2v) is 11.3. The lowest BCUT2D eigenvalue weighted by molar-refractivity contribution is -0.117. The Kier molecular flexibility index (Phi) is 6.31. The molecule has 6 aromatic rings. The molecule has 200 valence electrons. The van der Waals surface area contributed by atoms with Crippen LogP contribution < -0.4 is 5.32 Å². The highest BCUT2D eigenvalue weighted by atomic mass is 32.1. The minimum atomic E-state index is -0.245. The van der Waals surface area contributed by atoms with Crippen LogP contribution in [0, 0.1) is 11.0 Å². The van der Waals surface area contributed by atoms with Crippen molar-refractivity contribution in [1.29, 1.82) is 0 Å². The Labute approximate surface area is 233 Å². The zero-order valence-electron chi connectivity index (χ0n) is 21.6. The molecule has 0 atom stereocenters. The lowest BCUT2D eigenvalue weighted by Crippen LogP contribution is -2.18. The lowest BCUT2D eigenvalue weighted by Gasteiger charge is -2.20. The van der Waals surface area contributed by atoms with Crippen LogP contribution in [0.25, 0.3) is 55.0 Å². The first-order valence-corrected chi connectivity index (χ1v) is 14.3. The lowest BCUT2D eigenvalue weighted by atomic mass is 9.87. The molecule has 0 radical (unpaired) electrons. The van der Waals surface area contributed by atoms with Gasteiger partial charge in [-0.1, -0.05) is 19.3 Å². The number of aromatic amines is 2. The van der Waals surface area contributed by atoms with Gasteiger partial charge >= 0.3 is 0 Å². The Bertz CT molecular complexity index is 1850. The molecule has 3 N–H and O–H groups in total. The number of fused-ring (bicyclic) bond motifs is 2. The van der Waals surface area contributed by atoms with Crippen LogP contribution >= 0.6 is 11.3 Å². The third kappa shape index (κ3) is 4.75. The van der Waals surface area contributed by atoms with Gasteiger partial charge in [0.15, 0.2) is 5.13 Å². The molecule has 10 heteroatoms. The van der Waals surface area contributed by atoms with E-state index in [-0.39, 0.29) is 11.0 Å². The first-order chi connectivity index (χ1) is 19.6. The number of hydrogen-bond donors (Lipinski definition) is 3. The maximum atomic E-state index is 13.7. The quantitative estimate of drug-likeness (QED) is 0.200. The molecule has 1 fully saturated rings. The molecule has 0 aliphatic heterocycles. The van der Waals surface area contributed by atoms with Gasteiger partial charge in [-0.3, -0.25) is 24.8 Å². The Balaban J connectivity index is 1.19. The van der Waals surface area contributed by atoms with Gasteiger partial charge in [-0.25, -0.2) is 0 Å². The fraction of sp³-hybridized carbons (Fsp3) is 0.233. The zero-order valence-corrected chi connectivity index (χ0v) is 22.4. The fourth-order valence-corrected chi connectivity index (χ4v) is 6.35. The van der Waals surface area contributed by atoms with Crippen molar-refractivity contribution in [3.8, 4) is 33.2 Å². The first-order valence-electron chi connectivity index (χ1n) is 13.4. The van der Waals surface area contributed by atoms with Crippen LogP contribution in [-0.4, -0.2) is 36.0 Å². The van der Waals surface area contributed by atoms with E-state index in [4.69, 9.17) is 0 Å². The standard InChI is InChI=1S/C30H26FN7OS/c31-27-7-6-26(40-27)30-20-13-24(36-22(20)8-9-33-30)29-21-12-23(34-16-25(21)37-38-29)18-11-19(15-32-14-18)35-28(39)10-17-4-2-1-3-5-17/h6-9,11-17,36H,1-5,10H2,(H,35,39)(H,37,38). The molecule has 6 aromatic heterocycles. The van der Waals surface area contributed by atoms with Crippen molar-refractivity contribution in [2.24, 2.45) is 5.92 Å². The van der Waals surface area contributed by atoms with Crippen LogP contribution in [0.15, 0.2) is 61.2 Å². The van der Waals surface area contributed by atoms with Crippen molar-refractivity contribution in [2.45, 2.75) is 38.5 Å². The molecule has 0 bridgehead atoms. The van der Waals surface area contributed by atoms with Crippen molar-refractivity contribution < 1.29 is 9.18 Å². The number of aromatic nitrogens is 6. The average molecular weight is 552 g/mol. The third-order valence-electron chi connectivity index (χ3n) is 7.57. The van der Waals surface area contributed by atoms with Gasteiger partial charge in [0.1, 0.15) is 5.69 Å². The first kappa shape index (κ1) is 24.6. The molecule has 0 spiro atoms. The number of thiophene rings is 1. The largest absolute Gasteiger partial charge is 0.353 e. The predicted octanol–water partition coefficient (Wildman–Crippen LogP) is 7.34. The highest BCUT2D eigenvalue weighted by molar-refractivity contribution is 7.13. The molecule has 1 aliphatic rings. The van der Waals surface area contributed by atoms with Gasteiger partial charge in [-0.2, -0.15) is 9.49 Å². The summed E-state index contributed by atoms with van der Waals surface area (Å²) in [6, 6.07) is 11.0. The van der Waals surface area contributed by atoms with Crippen LogP contribution in [0.2, 0.25) is 0 Å². The smallest absolute Gasteiger partial charge is 0.224 e. The predicted molar refractivity (Wildman–Crippen MR) is 155 cm³/mol. The van der Waals surface area contributed by atoms with Crippen LogP contribution in [-0.2, 0) is 4.79 Å². The van der Waals surface area contributed by atoms with E-state index in [0.29, 0.717) is 18.0 Å². The molecule has 1 aliphatic carbocycles. The van der Waals surface area contributed by atoms with E-state index in [0.717, 1.165) is 79.2 Å². The van der Waals surface area contributed by atoms with Gasteiger partial charge in [0.05, 0.1) is 45.6 Å². The van der Waals surface area contributed by atoms with Crippen molar-refractivity contribution in [3.05, 3.63) is 66.3 Å².